The molecule has 0 fully saturated rings. The molecule has 4 heteroatoms. The van der Waals surface area contributed by atoms with E-state index in [1.165, 1.54) is 6.26 Å². The van der Waals surface area contributed by atoms with Crippen LogP contribution in [0.3, 0.4) is 0 Å². The lowest BCUT2D eigenvalue weighted by atomic mass is 10.2. The van der Waals surface area contributed by atoms with E-state index >= 15 is 0 Å². The van der Waals surface area contributed by atoms with E-state index in [4.69, 9.17) is 13.9 Å². The summed E-state index contributed by atoms with van der Waals surface area (Å²) < 4.78 is 15.3. The van der Waals surface area contributed by atoms with Crippen molar-refractivity contribution in [3.05, 3.63) is 42.6 Å². The summed E-state index contributed by atoms with van der Waals surface area (Å²) in [6, 6.07) is 5.54. The number of benzene rings is 1. The smallest absolute Gasteiger partial charge is 0.336 e. The predicted molar refractivity (Wildman–Crippen MR) is 67.2 cm³/mol. The molecule has 0 unspecified atom stereocenters. The number of carbonyl (C=O) groups excluding carboxylic acids is 1. The van der Waals surface area contributed by atoms with Crippen LogP contribution in [0.1, 0.15) is 13.8 Å². The third-order valence-corrected chi connectivity index (χ3v) is 2.42. The fraction of sp³-hybridized carbons (Fsp3) is 0.214. The highest BCUT2D eigenvalue weighted by Gasteiger charge is 2.05. The van der Waals surface area contributed by atoms with Gasteiger partial charge in [-0.3, -0.25) is 0 Å². The monoisotopic (exact) mass is 246 g/mol. The maximum Gasteiger partial charge on any atom is 0.336 e. The van der Waals surface area contributed by atoms with Gasteiger partial charge >= 0.3 is 5.97 Å². The molecule has 94 valence electrons. The third-order valence-electron chi connectivity index (χ3n) is 2.42. The summed E-state index contributed by atoms with van der Waals surface area (Å²) in [6.45, 7) is 3.76. The summed E-state index contributed by atoms with van der Waals surface area (Å²) >= 11 is 0. The first kappa shape index (κ1) is 12.2. The minimum atomic E-state index is -0.373. The Hall–Kier alpha value is -2.23. The van der Waals surface area contributed by atoms with Crippen LogP contribution in [-0.2, 0) is 9.53 Å². The van der Waals surface area contributed by atoms with Gasteiger partial charge in [0.2, 0.25) is 0 Å². The maximum absolute atomic E-state index is 11.3. The number of hydrogen-bond donors (Lipinski definition) is 0. The zero-order chi connectivity index (χ0) is 13.0. The highest BCUT2D eigenvalue weighted by Crippen LogP contribution is 2.21. The summed E-state index contributed by atoms with van der Waals surface area (Å²) in [4.78, 5) is 11.3. The molecule has 1 aromatic heterocycles. The molecular formula is C14H14O4. The van der Waals surface area contributed by atoms with Crippen LogP contribution >= 0.6 is 0 Å². The molecule has 0 N–H and O–H groups in total. The Labute approximate surface area is 105 Å². The summed E-state index contributed by atoms with van der Waals surface area (Å²) in [5, 5.41) is 1.96. The van der Waals surface area contributed by atoms with Gasteiger partial charge in [-0.2, -0.15) is 0 Å². The highest BCUT2D eigenvalue weighted by atomic mass is 16.5. The Morgan fingerprint density at radius 3 is 2.89 bits per heavy atom. The van der Waals surface area contributed by atoms with Gasteiger partial charge < -0.3 is 13.9 Å². The molecule has 0 aliphatic carbocycles. The number of esters is 1. The van der Waals surface area contributed by atoms with Crippen molar-refractivity contribution in [3.63, 3.8) is 0 Å². The zero-order valence-corrected chi connectivity index (χ0v) is 10.3. The molecule has 0 aliphatic heterocycles. The molecule has 0 saturated carbocycles. The maximum atomic E-state index is 11.3. The van der Waals surface area contributed by atoms with Gasteiger partial charge in [0.25, 0.3) is 0 Å². The second kappa shape index (κ2) is 5.40. The minimum absolute atomic E-state index is 0.352. The van der Waals surface area contributed by atoms with E-state index in [1.807, 2.05) is 18.2 Å². The van der Waals surface area contributed by atoms with Crippen LogP contribution in [0.25, 0.3) is 10.8 Å². The second-order valence-electron chi connectivity index (χ2n) is 3.80. The molecule has 2 aromatic rings. The van der Waals surface area contributed by atoms with Crippen molar-refractivity contribution in [2.24, 2.45) is 0 Å². The van der Waals surface area contributed by atoms with Crippen LogP contribution in [-0.4, -0.2) is 12.6 Å². The fourth-order valence-corrected chi connectivity index (χ4v) is 1.47. The molecule has 4 nitrogen and oxygen atoms in total. The molecule has 1 aromatic carbocycles. The minimum Gasteiger partial charge on any atom is -0.471 e. The average molecular weight is 246 g/mol. The van der Waals surface area contributed by atoms with Crippen molar-refractivity contribution in [2.75, 3.05) is 6.61 Å². The summed E-state index contributed by atoms with van der Waals surface area (Å²) in [7, 11) is 0. The van der Waals surface area contributed by atoms with Crippen LogP contribution < -0.4 is 4.74 Å². The number of fused-ring (bicyclic) bond motifs is 1. The Morgan fingerprint density at radius 2 is 2.11 bits per heavy atom. The lowest BCUT2D eigenvalue weighted by Gasteiger charge is -2.03. The van der Waals surface area contributed by atoms with Gasteiger partial charge in [0.1, 0.15) is 12.0 Å². The molecule has 0 saturated heterocycles. The number of rotatable bonds is 4. The van der Waals surface area contributed by atoms with Crippen molar-refractivity contribution in [2.45, 2.75) is 13.8 Å². The molecule has 0 bridgehead atoms. The highest BCUT2D eigenvalue weighted by molar-refractivity contribution is 5.87. The van der Waals surface area contributed by atoms with Gasteiger partial charge in [0.15, 0.2) is 0 Å². The number of carbonyl (C=O) groups is 1. The van der Waals surface area contributed by atoms with Gasteiger partial charge in [-0.15, -0.1) is 0 Å². The third kappa shape index (κ3) is 2.71. The topological polar surface area (TPSA) is 48.7 Å². The number of ether oxygens (including phenoxy) is 2. The predicted octanol–water partition coefficient (Wildman–Crippen LogP) is 3.28. The van der Waals surface area contributed by atoms with Gasteiger partial charge in [0, 0.05) is 10.8 Å². The fourth-order valence-electron chi connectivity index (χ4n) is 1.47. The van der Waals surface area contributed by atoms with Crippen molar-refractivity contribution in [3.8, 4) is 5.75 Å². The second-order valence-corrected chi connectivity index (χ2v) is 3.80. The Morgan fingerprint density at radius 1 is 1.33 bits per heavy atom. The largest absolute Gasteiger partial charge is 0.471 e. The average Bonchev–Trinajstić information content (AvgIpc) is 2.83. The van der Waals surface area contributed by atoms with E-state index in [-0.39, 0.29) is 5.97 Å². The Balaban J connectivity index is 2.09. The van der Waals surface area contributed by atoms with Crippen LogP contribution in [0.5, 0.6) is 5.75 Å². The van der Waals surface area contributed by atoms with E-state index in [9.17, 15) is 4.79 Å². The van der Waals surface area contributed by atoms with Crippen molar-refractivity contribution in [1.82, 2.24) is 0 Å². The van der Waals surface area contributed by atoms with Crippen molar-refractivity contribution in [1.29, 1.82) is 0 Å². The Kier molecular flexibility index (Phi) is 3.67. The lowest BCUT2D eigenvalue weighted by Crippen LogP contribution is -2.06. The van der Waals surface area contributed by atoms with Gasteiger partial charge in [-0.05, 0) is 32.0 Å². The van der Waals surface area contributed by atoms with Gasteiger partial charge in [0.05, 0.1) is 24.7 Å². The first-order valence-corrected chi connectivity index (χ1v) is 5.67. The SMILES string of the molecule is CCOC(=O)C(C)=COc1ccc2cocc2c1. The Bertz CT molecular complexity index is 580. The number of furan rings is 1. The van der Waals surface area contributed by atoms with E-state index in [0.29, 0.717) is 17.9 Å². The van der Waals surface area contributed by atoms with E-state index in [2.05, 4.69) is 0 Å². The summed E-state index contributed by atoms with van der Waals surface area (Å²) in [5.74, 6) is 0.273. The molecule has 0 aliphatic rings. The normalized spacial score (nSPS) is 11.6. The van der Waals surface area contributed by atoms with Gasteiger partial charge in [-0.25, -0.2) is 4.79 Å². The molecule has 2 rings (SSSR count). The standard InChI is InChI=1S/C14H14O4/c1-3-17-14(15)10(2)7-18-13-5-4-11-8-16-9-12(11)6-13/h4-9H,3H2,1-2H3. The molecule has 0 amide bonds. The van der Waals surface area contributed by atoms with Crippen LogP contribution in [0.2, 0.25) is 0 Å². The number of hydrogen-bond acceptors (Lipinski definition) is 4. The summed E-state index contributed by atoms with van der Waals surface area (Å²) in [5.41, 5.74) is 0.421. The van der Waals surface area contributed by atoms with Crippen LogP contribution in [0, 0.1) is 0 Å². The molecule has 0 spiro atoms. The zero-order valence-electron chi connectivity index (χ0n) is 10.3. The van der Waals surface area contributed by atoms with Gasteiger partial charge in [-0.1, -0.05) is 0 Å². The molecular weight excluding hydrogens is 232 g/mol. The molecule has 0 atom stereocenters. The lowest BCUT2D eigenvalue weighted by molar-refractivity contribution is -0.138. The quantitative estimate of drug-likeness (QED) is 0.472. The molecule has 1 heterocycles. The van der Waals surface area contributed by atoms with Crippen molar-refractivity contribution >= 4 is 16.7 Å². The van der Waals surface area contributed by atoms with Crippen LogP contribution in [0.15, 0.2) is 47.0 Å². The summed E-state index contributed by atoms with van der Waals surface area (Å²) in [6.07, 6.45) is 4.70. The van der Waals surface area contributed by atoms with Crippen LogP contribution in [0.4, 0.5) is 0 Å². The first-order valence-electron chi connectivity index (χ1n) is 5.67. The van der Waals surface area contributed by atoms with E-state index < -0.39 is 0 Å². The van der Waals surface area contributed by atoms with E-state index in [1.54, 1.807) is 26.4 Å². The van der Waals surface area contributed by atoms with E-state index in [0.717, 1.165) is 10.8 Å². The first-order chi connectivity index (χ1) is 8.70. The molecule has 0 radical (unpaired) electrons. The van der Waals surface area contributed by atoms with Crippen molar-refractivity contribution < 1.29 is 18.7 Å². The molecule has 18 heavy (non-hydrogen) atoms.